The molecule has 3 rings (SSSR count). The van der Waals surface area contributed by atoms with Crippen LogP contribution in [0.25, 0.3) is 0 Å². The summed E-state index contributed by atoms with van der Waals surface area (Å²) in [7, 11) is 0. The first-order valence-electron chi connectivity index (χ1n) is 6.89. The van der Waals surface area contributed by atoms with Crippen LogP contribution in [0.5, 0.6) is 0 Å². The Morgan fingerprint density at radius 2 is 1.78 bits per heavy atom. The number of benzene rings is 1. The second-order valence-electron chi connectivity index (χ2n) is 5.69. The zero-order valence-electron chi connectivity index (χ0n) is 10.6. The number of β-amino-alcohol motifs (C(OH)–C–C–N with tert-alkyl or cyclic N) is 1. The van der Waals surface area contributed by atoms with Crippen LogP contribution in [0.1, 0.15) is 31.2 Å². The fourth-order valence-corrected chi connectivity index (χ4v) is 3.30. The summed E-state index contributed by atoms with van der Waals surface area (Å²) >= 11 is 3.46. The van der Waals surface area contributed by atoms with Gasteiger partial charge in [0.15, 0.2) is 0 Å². The minimum atomic E-state index is -0.634. The van der Waals surface area contributed by atoms with Gasteiger partial charge < -0.3 is 10.0 Å². The van der Waals surface area contributed by atoms with E-state index in [0.717, 1.165) is 29.7 Å². The first-order chi connectivity index (χ1) is 8.68. The van der Waals surface area contributed by atoms with Crippen molar-refractivity contribution >= 4 is 15.9 Å². The van der Waals surface area contributed by atoms with Crippen LogP contribution < -0.4 is 0 Å². The van der Waals surface area contributed by atoms with Crippen molar-refractivity contribution in [2.75, 3.05) is 19.6 Å². The minimum absolute atomic E-state index is 0.458. The van der Waals surface area contributed by atoms with Crippen molar-refractivity contribution in [1.29, 1.82) is 0 Å². The summed E-state index contributed by atoms with van der Waals surface area (Å²) in [6, 6.07) is 8.20. The van der Waals surface area contributed by atoms with Gasteiger partial charge in [0.2, 0.25) is 0 Å². The summed E-state index contributed by atoms with van der Waals surface area (Å²) < 4.78 is 1.07. The van der Waals surface area contributed by atoms with E-state index in [-0.39, 0.29) is 0 Å². The predicted molar refractivity (Wildman–Crippen MR) is 76.4 cm³/mol. The van der Waals surface area contributed by atoms with Gasteiger partial charge in [-0.1, -0.05) is 28.1 Å². The lowest BCUT2D eigenvalue weighted by molar-refractivity contribution is -0.0159. The first-order valence-corrected chi connectivity index (χ1v) is 7.68. The van der Waals surface area contributed by atoms with Gasteiger partial charge in [0, 0.05) is 11.0 Å². The molecule has 2 aliphatic rings. The van der Waals surface area contributed by atoms with E-state index >= 15 is 0 Å². The van der Waals surface area contributed by atoms with Gasteiger partial charge in [-0.15, -0.1) is 0 Å². The Kier molecular flexibility index (Phi) is 3.48. The zero-order valence-corrected chi connectivity index (χ0v) is 12.2. The van der Waals surface area contributed by atoms with Crippen LogP contribution in [0.4, 0.5) is 0 Å². The van der Waals surface area contributed by atoms with Crippen molar-refractivity contribution in [2.24, 2.45) is 5.92 Å². The van der Waals surface area contributed by atoms with Gasteiger partial charge in [-0.3, -0.25) is 0 Å². The van der Waals surface area contributed by atoms with Crippen LogP contribution in [-0.2, 0) is 5.60 Å². The van der Waals surface area contributed by atoms with Crippen molar-refractivity contribution < 1.29 is 5.11 Å². The molecule has 1 unspecified atom stereocenters. The monoisotopic (exact) mass is 309 g/mol. The minimum Gasteiger partial charge on any atom is -0.384 e. The molecule has 18 heavy (non-hydrogen) atoms. The summed E-state index contributed by atoms with van der Waals surface area (Å²) in [5.74, 6) is 0.458. The molecule has 0 aromatic heterocycles. The van der Waals surface area contributed by atoms with Crippen LogP contribution in [0.15, 0.2) is 28.7 Å². The molecule has 1 saturated heterocycles. The second kappa shape index (κ2) is 4.95. The highest BCUT2D eigenvalue weighted by molar-refractivity contribution is 9.10. The van der Waals surface area contributed by atoms with E-state index < -0.39 is 5.60 Å². The van der Waals surface area contributed by atoms with Crippen LogP contribution in [0.3, 0.4) is 0 Å². The van der Waals surface area contributed by atoms with E-state index in [2.05, 4.69) is 33.0 Å². The van der Waals surface area contributed by atoms with E-state index in [9.17, 15) is 5.11 Å². The lowest BCUT2D eigenvalue weighted by Gasteiger charge is -2.33. The lowest BCUT2D eigenvalue weighted by Crippen LogP contribution is -2.41. The van der Waals surface area contributed by atoms with Crippen molar-refractivity contribution in [2.45, 2.75) is 31.3 Å². The van der Waals surface area contributed by atoms with Gasteiger partial charge in [-0.2, -0.15) is 0 Å². The molecule has 2 nitrogen and oxygen atoms in total. The Morgan fingerprint density at radius 3 is 2.33 bits per heavy atom. The summed E-state index contributed by atoms with van der Waals surface area (Å²) in [5.41, 5.74) is 0.450. The van der Waals surface area contributed by atoms with Gasteiger partial charge in [0.25, 0.3) is 0 Å². The number of likely N-dealkylation sites (tertiary alicyclic amines) is 1. The molecule has 1 atom stereocenters. The summed E-state index contributed by atoms with van der Waals surface area (Å²) in [6.45, 7) is 3.09. The highest BCUT2D eigenvalue weighted by atomic mass is 79.9. The number of halogens is 1. The molecule has 3 heteroatoms. The SMILES string of the molecule is OC(CN1CCCC1)(c1ccc(Br)cc1)C1CC1. The zero-order chi connectivity index (χ0) is 12.6. The molecule has 1 aliphatic carbocycles. The summed E-state index contributed by atoms with van der Waals surface area (Å²) in [4.78, 5) is 2.42. The number of rotatable bonds is 4. The third kappa shape index (κ3) is 2.49. The summed E-state index contributed by atoms with van der Waals surface area (Å²) in [5, 5.41) is 11.1. The molecule has 1 aliphatic heterocycles. The molecule has 1 aromatic carbocycles. The average molecular weight is 310 g/mol. The van der Waals surface area contributed by atoms with Crippen LogP contribution in [-0.4, -0.2) is 29.6 Å². The Labute approximate surface area is 117 Å². The first kappa shape index (κ1) is 12.6. The van der Waals surface area contributed by atoms with Gasteiger partial charge in [0.1, 0.15) is 5.60 Å². The molecule has 1 N–H and O–H groups in total. The maximum absolute atomic E-state index is 11.1. The fraction of sp³-hybridized carbons (Fsp3) is 0.600. The van der Waals surface area contributed by atoms with Crippen LogP contribution in [0.2, 0.25) is 0 Å². The standard InChI is InChI=1S/C15H20BrNO/c16-14-7-5-13(6-8-14)15(18,12-3-4-12)11-17-9-1-2-10-17/h5-8,12,18H,1-4,9-11H2. The molecule has 1 heterocycles. The number of nitrogens with zero attached hydrogens (tertiary/aromatic N) is 1. The second-order valence-corrected chi connectivity index (χ2v) is 6.60. The Bertz CT molecular complexity index is 409. The number of aliphatic hydroxyl groups is 1. The highest BCUT2D eigenvalue weighted by Crippen LogP contribution is 2.46. The quantitative estimate of drug-likeness (QED) is 0.923. The Morgan fingerprint density at radius 1 is 1.17 bits per heavy atom. The molecule has 98 valence electrons. The van der Waals surface area contributed by atoms with Crippen molar-refractivity contribution in [3.8, 4) is 0 Å². The fourth-order valence-electron chi connectivity index (χ4n) is 3.04. The summed E-state index contributed by atoms with van der Waals surface area (Å²) in [6.07, 6.45) is 4.89. The van der Waals surface area contributed by atoms with E-state index in [4.69, 9.17) is 0 Å². The van der Waals surface area contributed by atoms with Gasteiger partial charge >= 0.3 is 0 Å². The van der Waals surface area contributed by atoms with E-state index in [1.807, 2.05) is 12.1 Å². The molecule has 1 aromatic rings. The molecular weight excluding hydrogens is 290 g/mol. The molecule has 1 saturated carbocycles. The van der Waals surface area contributed by atoms with E-state index in [0.29, 0.717) is 5.92 Å². The van der Waals surface area contributed by atoms with Gasteiger partial charge in [-0.05, 0) is 62.4 Å². The number of hydrogen-bond donors (Lipinski definition) is 1. The lowest BCUT2D eigenvalue weighted by atomic mass is 9.88. The molecule has 0 spiro atoms. The topological polar surface area (TPSA) is 23.5 Å². The van der Waals surface area contributed by atoms with Crippen LogP contribution in [0, 0.1) is 5.92 Å². The smallest absolute Gasteiger partial charge is 0.105 e. The third-order valence-corrected chi connectivity index (χ3v) is 4.79. The normalized spacial score (nSPS) is 24.1. The van der Waals surface area contributed by atoms with Crippen LogP contribution >= 0.6 is 15.9 Å². The van der Waals surface area contributed by atoms with E-state index in [1.54, 1.807) is 0 Å². The largest absolute Gasteiger partial charge is 0.384 e. The Hall–Kier alpha value is -0.380. The van der Waals surface area contributed by atoms with E-state index in [1.165, 1.54) is 25.7 Å². The molecule has 2 fully saturated rings. The van der Waals surface area contributed by atoms with Crippen molar-refractivity contribution in [3.63, 3.8) is 0 Å². The molecule has 0 radical (unpaired) electrons. The highest BCUT2D eigenvalue weighted by Gasteiger charge is 2.46. The average Bonchev–Trinajstić information content (AvgIpc) is 3.11. The van der Waals surface area contributed by atoms with Crippen molar-refractivity contribution in [3.05, 3.63) is 34.3 Å². The molecule has 0 amide bonds. The third-order valence-electron chi connectivity index (χ3n) is 4.26. The van der Waals surface area contributed by atoms with Gasteiger partial charge in [0.05, 0.1) is 0 Å². The molecular formula is C15H20BrNO. The Balaban J connectivity index is 1.83. The maximum Gasteiger partial charge on any atom is 0.105 e. The predicted octanol–water partition coefficient (Wildman–Crippen LogP) is 3.14. The number of hydrogen-bond acceptors (Lipinski definition) is 2. The molecule has 0 bridgehead atoms. The van der Waals surface area contributed by atoms with Gasteiger partial charge in [-0.25, -0.2) is 0 Å². The maximum atomic E-state index is 11.1. The van der Waals surface area contributed by atoms with Crippen molar-refractivity contribution in [1.82, 2.24) is 4.90 Å².